The Bertz CT molecular complexity index is 1250. The first-order valence-electron chi connectivity index (χ1n) is 10.0. The fourth-order valence-corrected chi connectivity index (χ4v) is 4.39. The van der Waals surface area contributed by atoms with Crippen LogP contribution in [-0.4, -0.2) is 29.6 Å². The molecule has 0 bridgehead atoms. The molecule has 11 heteroatoms. The maximum atomic E-state index is 12.6. The van der Waals surface area contributed by atoms with E-state index in [1.165, 1.54) is 0 Å². The number of carbonyl (C=O) groups excluding carboxylic acids is 2. The molecule has 0 spiro atoms. The van der Waals surface area contributed by atoms with Crippen LogP contribution in [0.5, 0.6) is 11.5 Å². The first-order valence-corrected chi connectivity index (χ1v) is 12.8. The van der Waals surface area contributed by atoms with E-state index < -0.39 is 11.8 Å². The summed E-state index contributed by atoms with van der Waals surface area (Å²) in [6, 6.07) is 14.6. The molecule has 0 unspecified atom stereocenters. The number of fused-ring (bicyclic) bond motifs is 1. The Balaban J connectivity index is 1.53. The van der Waals surface area contributed by atoms with Crippen molar-refractivity contribution in [3.8, 4) is 11.5 Å². The van der Waals surface area contributed by atoms with Gasteiger partial charge in [0.15, 0.2) is 11.7 Å². The number of hydrogen-bond acceptors (Lipinski definition) is 5. The van der Waals surface area contributed by atoms with Gasteiger partial charge in [-0.2, -0.15) is 0 Å². The molecule has 0 saturated carbocycles. The van der Waals surface area contributed by atoms with Gasteiger partial charge in [0.1, 0.15) is 11.5 Å². The number of rotatable bonds is 6. The molecule has 178 valence electrons. The van der Waals surface area contributed by atoms with Gasteiger partial charge in [-0.05, 0) is 89.2 Å². The predicted molar refractivity (Wildman–Crippen MR) is 146 cm³/mol. The van der Waals surface area contributed by atoms with E-state index in [0.717, 1.165) is 19.7 Å². The van der Waals surface area contributed by atoms with Crippen molar-refractivity contribution in [2.45, 2.75) is 20.0 Å². The zero-order chi connectivity index (χ0) is 24.8. The second-order valence-electron chi connectivity index (χ2n) is 7.30. The van der Waals surface area contributed by atoms with Crippen LogP contribution in [0, 0.1) is 0 Å². The molecule has 2 amide bonds. The lowest BCUT2D eigenvalue weighted by Gasteiger charge is -2.16. The van der Waals surface area contributed by atoms with Gasteiger partial charge in [0.2, 0.25) is 0 Å². The molecule has 3 aromatic carbocycles. The highest BCUT2D eigenvalue weighted by molar-refractivity contribution is 9.11. The molecule has 0 aliphatic rings. The second kappa shape index (κ2) is 12.0. The number of hydrazine groups is 1. The molecule has 3 aromatic rings. The van der Waals surface area contributed by atoms with E-state index in [2.05, 4.69) is 64.0 Å². The lowest BCUT2D eigenvalue weighted by Crippen LogP contribution is -2.49. The Hall–Kier alpha value is -2.21. The van der Waals surface area contributed by atoms with Crippen LogP contribution >= 0.6 is 60.0 Å². The summed E-state index contributed by atoms with van der Waals surface area (Å²) >= 11 is 15.4. The predicted octanol–water partition coefficient (Wildman–Crippen LogP) is 5.63. The molecule has 34 heavy (non-hydrogen) atoms. The Morgan fingerprint density at radius 3 is 2.35 bits per heavy atom. The van der Waals surface area contributed by atoms with Crippen molar-refractivity contribution in [3.63, 3.8) is 0 Å². The van der Waals surface area contributed by atoms with Gasteiger partial charge in [0.05, 0.1) is 16.1 Å². The summed E-state index contributed by atoms with van der Waals surface area (Å²) in [5.74, 6) is -0.0187. The van der Waals surface area contributed by atoms with Gasteiger partial charge in [-0.25, -0.2) is 0 Å². The zero-order valence-electron chi connectivity index (χ0n) is 18.1. The summed E-state index contributed by atoms with van der Waals surface area (Å²) in [6.45, 7) is 3.47. The van der Waals surface area contributed by atoms with E-state index >= 15 is 0 Å². The van der Waals surface area contributed by atoms with Gasteiger partial charge in [0, 0.05) is 8.95 Å². The number of thiocarbonyl (C=S) groups is 1. The maximum absolute atomic E-state index is 12.6. The van der Waals surface area contributed by atoms with Crippen LogP contribution in [0.15, 0.2) is 61.9 Å². The molecule has 0 heterocycles. The number of amides is 2. The lowest BCUT2D eigenvalue weighted by molar-refractivity contribution is -0.123. The number of nitrogens with one attached hydrogen (secondary N) is 3. The van der Waals surface area contributed by atoms with Crippen LogP contribution < -0.4 is 25.6 Å². The van der Waals surface area contributed by atoms with Crippen molar-refractivity contribution in [3.05, 3.63) is 67.5 Å². The first-order chi connectivity index (χ1) is 16.1. The van der Waals surface area contributed by atoms with Gasteiger partial charge in [-0.15, -0.1) is 0 Å². The Morgan fingerprint density at radius 1 is 0.941 bits per heavy atom. The largest absolute Gasteiger partial charge is 0.490 e. The second-order valence-corrected chi connectivity index (χ2v) is 10.3. The zero-order valence-corrected chi connectivity index (χ0v) is 23.7. The van der Waals surface area contributed by atoms with E-state index in [9.17, 15) is 9.59 Å². The summed E-state index contributed by atoms with van der Waals surface area (Å²) in [6.07, 6.45) is -0.110. The number of hydrogen-bond donors (Lipinski definition) is 3. The normalized spacial score (nSPS) is 10.6. The Morgan fingerprint density at radius 2 is 1.62 bits per heavy atom. The monoisotopic (exact) mass is 671 g/mol. The van der Waals surface area contributed by atoms with Gasteiger partial charge in [-0.1, -0.05) is 44.0 Å². The third kappa shape index (κ3) is 7.14. The fourth-order valence-electron chi connectivity index (χ4n) is 2.90. The van der Waals surface area contributed by atoms with E-state index in [1.54, 1.807) is 24.3 Å². The Labute approximate surface area is 227 Å². The van der Waals surface area contributed by atoms with E-state index in [0.29, 0.717) is 21.5 Å². The summed E-state index contributed by atoms with van der Waals surface area (Å²) < 4.78 is 13.7. The van der Waals surface area contributed by atoms with Gasteiger partial charge in [0.25, 0.3) is 11.8 Å². The topological polar surface area (TPSA) is 88.7 Å². The van der Waals surface area contributed by atoms with Crippen molar-refractivity contribution >= 4 is 87.7 Å². The molecule has 7 nitrogen and oxygen atoms in total. The summed E-state index contributed by atoms with van der Waals surface area (Å²) in [5.41, 5.74) is 5.20. The number of halogens is 3. The quantitative estimate of drug-likeness (QED) is 0.232. The van der Waals surface area contributed by atoms with Crippen molar-refractivity contribution in [2.24, 2.45) is 0 Å². The minimum absolute atomic E-state index is 0.0775. The van der Waals surface area contributed by atoms with E-state index in [-0.39, 0.29) is 17.8 Å². The summed E-state index contributed by atoms with van der Waals surface area (Å²) in [4.78, 5) is 24.8. The van der Waals surface area contributed by atoms with Crippen LogP contribution in [0.25, 0.3) is 10.8 Å². The van der Waals surface area contributed by atoms with Crippen LogP contribution in [0.4, 0.5) is 0 Å². The highest BCUT2D eigenvalue weighted by Crippen LogP contribution is 2.34. The maximum Gasteiger partial charge on any atom is 0.276 e. The molecule has 0 aromatic heterocycles. The number of ether oxygens (including phenoxy) is 2. The summed E-state index contributed by atoms with van der Waals surface area (Å²) in [5, 5.41) is 4.41. The molecular weight excluding hydrogens is 654 g/mol. The van der Waals surface area contributed by atoms with Gasteiger partial charge < -0.3 is 9.47 Å². The van der Waals surface area contributed by atoms with Crippen molar-refractivity contribution in [1.82, 2.24) is 16.2 Å². The molecule has 0 saturated heterocycles. The molecule has 3 rings (SSSR count). The average Bonchev–Trinajstić information content (AvgIpc) is 2.78. The average molecular weight is 674 g/mol. The molecule has 0 aliphatic heterocycles. The first kappa shape index (κ1) is 26.4. The molecular formula is C23H20Br3N3O4S. The van der Waals surface area contributed by atoms with Crippen LogP contribution in [-0.2, 0) is 4.79 Å². The SMILES string of the molecule is CC(C)Oc1ccc(Br)cc1C(=O)NC(=S)NNC(=O)COc1ccc2cc(Br)ccc2c1Br. The minimum atomic E-state index is -0.481. The third-order valence-corrected chi connectivity index (χ3v) is 6.34. The standard InChI is InChI=1S/C23H20Br3N3O4S/c1-12(2)33-18-8-5-15(25)10-17(18)22(31)27-23(34)29-28-20(30)11-32-19-7-3-13-9-14(24)4-6-16(13)21(19)26/h3-10,12H,11H2,1-2H3,(H,28,30)(H2,27,29,31,34). The van der Waals surface area contributed by atoms with Crippen molar-refractivity contribution < 1.29 is 19.1 Å². The highest BCUT2D eigenvalue weighted by atomic mass is 79.9. The lowest BCUT2D eigenvalue weighted by atomic mass is 10.1. The molecule has 0 radical (unpaired) electrons. The minimum Gasteiger partial charge on any atom is -0.490 e. The summed E-state index contributed by atoms with van der Waals surface area (Å²) in [7, 11) is 0. The number of benzene rings is 3. The molecule has 0 aliphatic carbocycles. The van der Waals surface area contributed by atoms with Crippen molar-refractivity contribution in [2.75, 3.05) is 6.61 Å². The molecule has 0 fully saturated rings. The van der Waals surface area contributed by atoms with Crippen LogP contribution in [0.2, 0.25) is 0 Å². The molecule has 3 N–H and O–H groups in total. The van der Waals surface area contributed by atoms with Gasteiger partial charge in [-0.3, -0.25) is 25.8 Å². The van der Waals surface area contributed by atoms with Crippen LogP contribution in [0.1, 0.15) is 24.2 Å². The third-order valence-electron chi connectivity index (χ3n) is 4.33. The smallest absolute Gasteiger partial charge is 0.276 e. The number of carbonyl (C=O) groups is 2. The van der Waals surface area contributed by atoms with Crippen LogP contribution in [0.3, 0.4) is 0 Å². The highest BCUT2D eigenvalue weighted by Gasteiger charge is 2.16. The van der Waals surface area contributed by atoms with E-state index in [1.807, 2.05) is 38.1 Å². The van der Waals surface area contributed by atoms with Crippen molar-refractivity contribution in [1.29, 1.82) is 0 Å². The Kier molecular flexibility index (Phi) is 9.29. The van der Waals surface area contributed by atoms with E-state index in [4.69, 9.17) is 21.7 Å². The molecule has 0 atom stereocenters. The fraction of sp³-hybridized carbons (Fsp3) is 0.174. The van der Waals surface area contributed by atoms with Gasteiger partial charge >= 0.3 is 0 Å².